The maximum atomic E-state index is 12.1. The summed E-state index contributed by atoms with van der Waals surface area (Å²) in [6.07, 6.45) is -0.247. The highest BCUT2D eigenvalue weighted by molar-refractivity contribution is 9.10. The van der Waals surface area contributed by atoms with Gasteiger partial charge in [-0.3, -0.25) is 0 Å². The largest absolute Gasteiger partial charge is 0.444 e. The van der Waals surface area contributed by atoms with E-state index in [4.69, 9.17) is 17.0 Å². The Kier molecular flexibility index (Phi) is 6.33. The third kappa shape index (κ3) is 5.97. The summed E-state index contributed by atoms with van der Waals surface area (Å²) >= 11 is 10.5. The molecular weight excluding hydrogens is 396 g/mol. The van der Waals surface area contributed by atoms with Crippen LogP contribution in [0.25, 0.3) is 0 Å². The van der Waals surface area contributed by atoms with Crippen LogP contribution in [0, 0.1) is 0 Å². The number of thioether (sulfide) groups is 1. The minimum atomic E-state index is -0.457. The normalized spacial score (nSPS) is 15.5. The summed E-state index contributed by atoms with van der Waals surface area (Å²) in [6, 6.07) is 8.09. The molecule has 0 N–H and O–H groups in total. The second kappa shape index (κ2) is 7.85. The van der Waals surface area contributed by atoms with Gasteiger partial charge in [-0.1, -0.05) is 39.9 Å². The van der Waals surface area contributed by atoms with Crippen LogP contribution in [0.15, 0.2) is 33.6 Å². The Morgan fingerprint density at radius 2 is 1.65 bits per heavy atom. The Balaban J connectivity index is 1.83. The quantitative estimate of drug-likeness (QED) is 0.500. The fourth-order valence-corrected chi connectivity index (χ4v) is 3.59. The fraction of sp³-hybridized carbons (Fsp3) is 0.500. The zero-order valence-corrected chi connectivity index (χ0v) is 16.8. The zero-order chi connectivity index (χ0) is 17.0. The Labute approximate surface area is 155 Å². The molecule has 0 aliphatic carbocycles. The number of nitrogens with zero attached hydrogens (tertiary/aromatic N) is 2. The molecule has 0 aromatic heterocycles. The lowest BCUT2D eigenvalue weighted by molar-refractivity contribution is 0.0189. The summed E-state index contributed by atoms with van der Waals surface area (Å²) in [6.45, 7) is 8.39. The zero-order valence-electron chi connectivity index (χ0n) is 13.5. The molecule has 2 rings (SSSR count). The van der Waals surface area contributed by atoms with Crippen LogP contribution in [0.3, 0.4) is 0 Å². The smallest absolute Gasteiger partial charge is 0.410 e. The molecule has 1 saturated heterocycles. The molecular formula is C16H21BrN2O2S2. The molecule has 4 nitrogen and oxygen atoms in total. The molecule has 1 aromatic rings. The van der Waals surface area contributed by atoms with Crippen molar-refractivity contribution < 1.29 is 9.53 Å². The van der Waals surface area contributed by atoms with Crippen LogP contribution in [0.2, 0.25) is 0 Å². The summed E-state index contributed by atoms with van der Waals surface area (Å²) < 4.78 is 7.30. The van der Waals surface area contributed by atoms with Gasteiger partial charge in [-0.25, -0.2) is 4.79 Å². The standard InChI is InChI=1S/C16H21BrN2O2S2/c1-16(2,3)21-14(20)18-8-10-19(11-9-18)15(22)23-13-6-4-12(17)5-7-13/h4-7H,8-11H2,1-3H3. The van der Waals surface area contributed by atoms with Crippen LogP contribution in [0.5, 0.6) is 0 Å². The number of carbonyl (C=O) groups is 1. The van der Waals surface area contributed by atoms with E-state index in [1.807, 2.05) is 45.0 Å². The van der Waals surface area contributed by atoms with Gasteiger partial charge in [-0.2, -0.15) is 0 Å². The molecule has 1 aromatic carbocycles. The average molecular weight is 417 g/mol. The van der Waals surface area contributed by atoms with E-state index in [1.165, 1.54) is 0 Å². The van der Waals surface area contributed by atoms with Gasteiger partial charge in [0, 0.05) is 35.5 Å². The predicted molar refractivity (Wildman–Crippen MR) is 102 cm³/mol. The van der Waals surface area contributed by atoms with Crippen LogP contribution >= 0.6 is 39.9 Å². The van der Waals surface area contributed by atoms with Crippen LogP contribution in [-0.4, -0.2) is 52.0 Å². The molecule has 0 unspecified atom stereocenters. The number of thiocarbonyl (C=S) groups is 1. The van der Waals surface area contributed by atoms with Crippen molar-refractivity contribution in [1.82, 2.24) is 9.80 Å². The number of benzene rings is 1. The number of hydrogen-bond acceptors (Lipinski definition) is 4. The number of rotatable bonds is 1. The average Bonchev–Trinajstić information content (AvgIpc) is 2.48. The summed E-state index contributed by atoms with van der Waals surface area (Å²) in [5, 5.41) is 0. The first-order chi connectivity index (χ1) is 10.7. The number of hydrogen-bond donors (Lipinski definition) is 0. The van der Waals surface area contributed by atoms with E-state index >= 15 is 0 Å². The SMILES string of the molecule is CC(C)(C)OC(=O)N1CCN(C(=S)Sc2ccc(Br)cc2)CC1. The van der Waals surface area contributed by atoms with E-state index in [-0.39, 0.29) is 6.09 Å². The molecule has 7 heteroatoms. The monoisotopic (exact) mass is 416 g/mol. The first kappa shape index (κ1) is 18.5. The van der Waals surface area contributed by atoms with Gasteiger partial charge < -0.3 is 14.5 Å². The second-order valence-electron chi connectivity index (χ2n) is 6.28. The van der Waals surface area contributed by atoms with Crippen LogP contribution in [0.4, 0.5) is 4.79 Å². The van der Waals surface area contributed by atoms with Gasteiger partial charge in [-0.15, -0.1) is 0 Å². The maximum absolute atomic E-state index is 12.1. The van der Waals surface area contributed by atoms with Crippen molar-refractivity contribution in [3.05, 3.63) is 28.7 Å². The Hall–Kier alpha value is -0.790. The number of piperazine rings is 1. The van der Waals surface area contributed by atoms with Crippen molar-refractivity contribution in [3.8, 4) is 0 Å². The molecule has 1 aliphatic rings. The molecule has 23 heavy (non-hydrogen) atoms. The highest BCUT2D eigenvalue weighted by atomic mass is 79.9. The maximum Gasteiger partial charge on any atom is 0.410 e. The van der Waals surface area contributed by atoms with Gasteiger partial charge in [0.15, 0.2) is 0 Å². The van der Waals surface area contributed by atoms with Crippen LogP contribution in [0.1, 0.15) is 20.8 Å². The molecule has 126 valence electrons. The number of ether oxygens (including phenoxy) is 1. The molecule has 1 aliphatic heterocycles. The van der Waals surface area contributed by atoms with E-state index in [0.29, 0.717) is 13.1 Å². The molecule has 1 fully saturated rings. The van der Waals surface area contributed by atoms with Gasteiger partial charge in [0.05, 0.1) is 0 Å². The van der Waals surface area contributed by atoms with E-state index in [0.717, 1.165) is 26.8 Å². The van der Waals surface area contributed by atoms with Gasteiger partial charge >= 0.3 is 6.09 Å². The Morgan fingerprint density at radius 3 is 2.17 bits per heavy atom. The molecule has 0 bridgehead atoms. The lowest BCUT2D eigenvalue weighted by Gasteiger charge is -2.36. The van der Waals surface area contributed by atoms with Crippen LogP contribution in [-0.2, 0) is 4.74 Å². The van der Waals surface area contributed by atoms with E-state index < -0.39 is 5.60 Å². The summed E-state index contributed by atoms with van der Waals surface area (Å²) in [7, 11) is 0. The van der Waals surface area contributed by atoms with Gasteiger partial charge in [-0.05, 0) is 45.0 Å². The Bertz CT molecular complexity index is 564. The predicted octanol–water partition coefficient (Wildman–Crippen LogP) is 4.38. The first-order valence-electron chi connectivity index (χ1n) is 7.45. The number of amides is 1. The third-order valence-electron chi connectivity index (χ3n) is 3.21. The number of halogens is 1. The molecule has 0 spiro atoms. The lowest BCUT2D eigenvalue weighted by Crippen LogP contribution is -2.50. The van der Waals surface area contributed by atoms with Gasteiger partial charge in [0.25, 0.3) is 0 Å². The third-order valence-corrected chi connectivity index (χ3v) is 5.19. The molecule has 1 amide bonds. The highest BCUT2D eigenvalue weighted by Crippen LogP contribution is 2.24. The van der Waals surface area contributed by atoms with Crippen molar-refractivity contribution in [3.63, 3.8) is 0 Å². The minimum absolute atomic E-state index is 0.247. The lowest BCUT2D eigenvalue weighted by atomic mass is 10.2. The van der Waals surface area contributed by atoms with E-state index in [2.05, 4.69) is 20.8 Å². The summed E-state index contributed by atoms with van der Waals surface area (Å²) in [5.74, 6) is 0. The fourth-order valence-electron chi connectivity index (χ4n) is 2.07. The van der Waals surface area contributed by atoms with Crippen molar-refractivity contribution in [2.75, 3.05) is 26.2 Å². The summed E-state index contributed by atoms with van der Waals surface area (Å²) in [4.78, 5) is 17.1. The van der Waals surface area contributed by atoms with Crippen molar-refractivity contribution in [1.29, 1.82) is 0 Å². The molecule has 0 atom stereocenters. The molecule has 1 heterocycles. The van der Waals surface area contributed by atoms with E-state index in [9.17, 15) is 4.79 Å². The van der Waals surface area contributed by atoms with Crippen LogP contribution < -0.4 is 0 Å². The topological polar surface area (TPSA) is 32.8 Å². The highest BCUT2D eigenvalue weighted by Gasteiger charge is 2.26. The number of carbonyl (C=O) groups excluding carboxylic acids is 1. The molecule has 0 saturated carbocycles. The van der Waals surface area contributed by atoms with Gasteiger partial charge in [0.1, 0.15) is 9.92 Å². The van der Waals surface area contributed by atoms with Crippen molar-refractivity contribution in [2.24, 2.45) is 0 Å². The van der Waals surface area contributed by atoms with E-state index in [1.54, 1.807) is 16.7 Å². The first-order valence-corrected chi connectivity index (χ1v) is 9.46. The second-order valence-corrected chi connectivity index (χ2v) is 8.90. The minimum Gasteiger partial charge on any atom is -0.444 e. The van der Waals surface area contributed by atoms with Gasteiger partial charge in [0.2, 0.25) is 0 Å². The summed E-state index contributed by atoms with van der Waals surface area (Å²) in [5.41, 5.74) is -0.457. The molecule has 0 radical (unpaired) electrons. The Morgan fingerprint density at radius 1 is 1.13 bits per heavy atom. The van der Waals surface area contributed by atoms with Crippen molar-refractivity contribution in [2.45, 2.75) is 31.3 Å². The van der Waals surface area contributed by atoms with Crippen molar-refractivity contribution >= 4 is 50.3 Å².